The Balaban J connectivity index is 3.88. The van der Waals surface area contributed by atoms with Gasteiger partial charge in [0.15, 0.2) is 0 Å². The summed E-state index contributed by atoms with van der Waals surface area (Å²) < 4.78 is 34.3. The predicted octanol–water partition coefficient (Wildman–Crippen LogP) is 13.1. The second-order valence-corrected chi connectivity index (χ2v) is 24.7. The molecule has 0 aromatic rings. The third kappa shape index (κ3) is 54.1. The minimum absolute atomic E-state index is 0.109. The van der Waals surface area contributed by atoms with Crippen LogP contribution in [0.1, 0.15) is 258 Å². The SMILES string of the molecule is CCCCCC(OC(=O)CCCC(=O)OCC[N+](C)(C)C)C(O)C/C=C/CCCCCCCC(=O)OCCCCCCCCCCOC(=O)CCCCCCC/C=C/CC(O)C(CCCCC)OC(=O)CCCC(=O)OCC[N+](C)(C)C. The molecule has 0 rings (SSSR count). The summed E-state index contributed by atoms with van der Waals surface area (Å²) in [5.41, 5.74) is 0. The molecule has 16 nitrogen and oxygen atoms in total. The lowest BCUT2D eigenvalue weighted by atomic mass is 10.0. The van der Waals surface area contributed by atoms with E-state index < -0.39 is 36.4 Å². The fourth-order valence-electron chi connectivity index (χ4n) is 8.99. The van der Waals surface area contributed by atoms with Crippen LogP contribution in [0.25, 0.3) is 0 Å². The topological polar surface area (TPSA) is 198 Å². The highest BCUT2D eigenvalue weighted by Crippen LogP contribution is 2.19. The molecule has 0 aromatic heterocycles. The second-order valence-electron chi connectivity index (χ2n) is 24.7. The maximum absolute atomic E-state index is 12.6. The van der Waals surface area contributed by atoms with E-state index in [4.69, 9.17) is 28.4 Å². The van der Waals surface area contributed by atoms with Crippen molar-refractivity contribution >= 4 is 35.8 Å². The van der Waals surface area contributed by atoms with Gasteiger partial charge in [-0.3, -0.25) is 28.8 Å². The molecule has 0 spiro atoms. The average molecular weight is 1170 g/mol. The third-order valence-electron chi connectivity index (χ3n) is 14.3. The predicted molar refractivity (Wildman–Crippen MR) is 326 cm³/mol. The smallest absolute Gasteiger partial charge is 0.306 e. The van der Waals surface area contributed by atoms with E-state index in [1.54, 1.807) is 0 Å². The number of allylic oxidation sites excluding steroid dienone is 2. The number of rotatable bonds is 57. The summed E-state index contributed by atoms with van der Waals surface area (Å²) in [5.74, 6) is -1.62. The van der Waals surface area contributed by atoms with Crippen LogP contribution < -0.4 is 0 Å². The van der Waals surface area contributed by atoms with Crippen LogP contribution in [0.2, 0.25) is 0 Å². The molecular formula is C66H122N2O14+2. The van der Waals surface area contributed by atoms with Gasteiger partial charge in [0.1, 0.15) is 38.5 Å². The minimum atomic E-state index is -0.772. The summed E-state index contributed by atoms with van der Waals surface area (Å²) in [4.78, 5) is 73.6. The first-order valence-corrected chi connectivity index (χ1v) is 32.5. The molecule has 2 N–H and O–H groups in total. The molecule has 4 unspecified atom stereocenters. The van der Waals surface area contributed by atoms with Crippen LogP contribution in [0.5, 0.6) is 0 Å². The first kappa shape index (κ1) is 78.1. The molecule has 0 aliphatic carbocycles. The van der Waals surface area contributed by atoms with Crippen molar-refractivity contribution in [2.45, 2.75) is 282 Å². The molecule has 16 heteroatoms. The van der Waals surface area contributed by atoms with Gasteiger partial charge in [-0.1, -0.05) is 141 Å². The Bertz CT molecular complexity index is 1550. The lowest BCUT2D eigenvalue weighted by Gasteiger charge is -2.23. The largest absolute Gasteiger partial charge is 0.466 e. The minimum Gasteiger partial charge on any atom is -0.466 e. The molecule has 0 aliphatic rings. The number of hydrogen-bond acceptors (Lipinski definition) is 14. The Morgan fingerprint density at radius 1 is 0.341 bits per heavy atom. The number of unbranched alkanes of at least 4 members (excludes halogenated alkanes) is 21. The van der Waals surface area contributed by atoms with Gasteiger partial charge in [0.2, 0.25) is 0 Å². The van der Waals surface area contributed by atoms with Crippen molar-refractivity contribution in [3.05, 3.63) is 24.3 Å². The number of esters is 6. The highest BCUT2D eigenvalue weighted by molar-refractivity contribution is 5.73. The van der Waals surface area contributed by atoms with Crippen LogP contribution in [-0.4, -0.2) is 161 Å². The van der Waals surface area contributed by atoms with Gasteiger partial charge in [-0.15, -0.1) is 0 Å². The first-order chi connectivity index (χ1) is 39.3. The monoisotopic (exact) mass is 1170 g/mol. The molecule has 478 valence electrons. The van der Waals surface area contributed by atoms with Gasteiger partial charge in [0.25, 0.3) is 0 Å². The molecule has 0 heterocycles. The lowest BCUT2D eigenvalue weighted by Crippen LogP contribution is -2.38. The number of nitrogens with zero attached hydrogens (tertiary/aromatic N) is 2. The standard InChI is InChI=1S/C66H122N2O14/c1-9-11-31-43-59(81-65(75)49-39-47-63(73)79-55-51-67(3,4)5)57(69)41-33-25-19-13-15-21-27-35-45-61(71)77-53-37-29-23-17-18-24-30-38-54-78-62(72)46-36-28-22-16-14-20-26-34-42-58(70)60(44-32-12-10-2)82-66(76)50-40-48-64(74)80-56-52-68(6,7)8/h25-26,33-34,57-60,69-70H,9-24,27-32,35-56H2,1-8H3/q+2/b33-25+,34-26+. The van der Waals surface area contributed by atoms with Crippen LogP contribution in [0.4, 0.5) is 0 Å². The van der Waals surface area contributed by atoms with Crippen molar-refractivity contribution in [2.75, 3.05) is 81.8 Å². The van der Waals surface area contributed by atoms with Crippen molar-refractivity contribution in [1.29, 1.82) is 0 Å². The van der Waals surface area contributed by atoms with Crippen molar-refractivity contribution in [1.82, 2.24) is 0 Å². The van der Waals surface area contributed by atoms with E-state index in [0.717, 1.165) is 180 Å². The zero-order valence-corrected chi connectivity index (χ0v) is 53.4. The van der Waals surface area contributed by atoms with Gasteiger partial charge in [0, 0.05) is 38.5 Å². The Morgan fingerprint density at radius 3 is 0.976 bits per heavy atom. The molecule has 0 radical (unpaired) electrons. The molecule has 4 atom stereocenters. The van der Waals surface area contributed by atoms with Crippen LogP contribution in [-0.2, 0) is 57.2 Å². The van der Waals surface area contributed by atoms with Gasteiger partial charge in [0.05, 0.1) is 67.7 Å². The number of aliphatic hydroxyl groups excluding tert-OH is 2. The average Bonchev–Trinajstić information content (AvgIpc) is 3.41. The molecule has 0 saturated carbocycles. The summed E-state index contributed by atoms with van der Waals surface area (Å²) in [7, 11) is 12.2. The Hall–Kier alpha value is -3.86. The van der Waals surface area contributed by atoms with Crippen LogP contribution in [0, 0.1) is 0 Å². The normalized spacial score (nSPS) is 13.4. The van der Waals surface area contributed by atoms with Crippen molar-refractivity contribution in [3.8, 4) is 0 Å². The fourth-order valence-corrected chi connectivity index (χ4v) is 8.99. The maximum atomic E-state index is 12.6. The van der Waals surface area contributed by atoms with Crippen LogP contribution in [0.15, 0.2) is 24.3 Å². The van der Waals surface area contributed by atoms with E-state index in [9.17, 15) is 39.0 Å². The molecule has 0 aromatic carbocycles. The van der Waals surface area contributed by atoms with E-state index >= 15 is 0 Å². The fraction of sp³-hybridized carbons (Fsp3) is 0.848. The summed E-state index contributed by atoms with van der Waals surface area (Å²) in [6.45, 7) is 7.33. The van der Waals surface area contributed by atoms with Gasteiger partial charge < -0.3 is 47.6 Å². The molecule has 0 fully saturated rings. The Kier molecular flexibility index (Phi) is 50.2. The summed E-state index contributed by atoms with van der Waals surface area (Å²) in [6, 6.07) is 0. The second kappa shape index (κ2) is 52.7. The van der Waals surface area contributed by atoms with Gasteiger partial charge in [-0.05, 0) is 103 Å². The molecule has 0 aliphatic heterocycles. The quantitative estimate of drug-likeness (QED) is 0.0192. The van der Waals surface area contributed by atoms with Gasteiger partial charge >= 0.3 is 35.8 Å². The van der Waals surface area contributed by atoms with Crippen molar-refractivity contribution < 1.29 is 76.4 Å². The van der Waals surface area contributed by atoms with Gasteiger partial charge in [-0.25, -0.2) is 0 Å². The van der Waals surface area contributed by atoms with Crippen molar-refractivity contribution in [3.63, 3.8) is 0 Å². The Labute approximate surface area is 498 Å². The van der Waals surface area contributed by atoms with Crippen LogP contribution >= 0.6 is 0 Å². The van der Waals surface area contributed by atoms with E-state index in [2.05, 4.69) is 26.0 Å². The lowest BCUT2D eigenvalue weighted by molar-refractivity contribution is -0.870. The number of ether oxygens (including phenoxy) is 6. The molecule has 0 bridgehead atoms. The third-order valence-corrected chi connectivity index (χ3v) is 14.3. The van der Waals surface area contributed by atoms with Crippen LogP contribution in [0.3, 0.4) is 0 Å². The van der Waals surface area contributed by atoms with Gasteiger partial charge in [-0.2, -0.15) is 0 Å². The number of carbonyl (C=O) groups excluding carboxylic acids is 6. The van der Waals surface area contributed by atoms with Crippen molar-refractivity contribution in [2.24, 2.45) is 0 Å². The highest BCUT2D eigenvalue weighted by Gasteiger charge is 2.24. The summed E-state index contributed by atoms with van der Waals surface area (Å²) in [5, 5.41) is 21.7. The zero-order chi connectivity index (χ0) is 61.0. The number of aliphatic hydroxyl groups is 2. The first-order valence-electron chi connectivity index (χ1n) is 32.5. The zero-order valence-electron chi connectivity index (χ0n) is 53.4. The van der Waals surface area contributed by atoms with E-state index in [-0.39, 0.29) is 49.6 Å². The number of quaternary nitrogens is 2. The molecular weight excluding hydrogens is 1040 g/mol. The summed E-state index contributed by atoms with van der Waals surface area (Å²) >= 11 is 0. The number of likely N-dealkylation sites (N-methyl/N-ethyl adjacent to an activating group) is 2. The molecule has 0 amide bonds. The van der Waals surface area contributed by atoms with E-state index in [1.165, 1.54) is 0 Å². The van der Waals surface area contributed by atoms with E-state index in [0.29, 0.717) is 86.8 Å². The maximum Gasteiger partial charge on any atom is 0.306 e. The number of hydrogen-bond donors (Lipinski definition) is 2. The summed E-state index contributed by atoms with van der Waals surface area (Å²) in [6.07, 6.45) is 35.8. The highest BCUT2D eigenvalue weighted by atomic mass is 16.6. The van der Waals surface area contributed by atoms with E-state index in [1.807, 2.05) is 54.4 Å². The number of carbonyl (C=O) groups is 6. The Morgan fingerprint density at radius 2 is 0.634 bits per heavy atom. The molecule has 0 saturated heterocycles. The molecule has 82 heavy (non-hydrogen) atoms.